The number of hydrogen-bond donors (Lipinski definition) is 2. The molecule has 0 radical (unpaired) electrons. The van der Waals surface area contributed by atoms with E-state index in [2.05, 4.69) is 43.0 Å². The van der Waals surface area contributed by atoms with E-state index in [0.29, 0.717) is 0 Å². The van der Waals surface area contributed by atoms with E-state index in [1.807, 2.05) is 0 Å². The van der Waals surface area contributed by atoms with Gasteiger partial charge in [-0.15, -0.1) is 11.3 Å². The molecular weight excluding hydrogens is 250 g/mol. The van der Waals surface area contributed by atoms with Crippen LogP contribution in [0.1, 0.15) is 4.88 Å². The third kappa shape index (κ3) is 2.45. The van der Waals surface area contributed by atoms with E-state index in [1.165, 1.54) is 4.88 Å². The van der Waals surface area contributed by atoms with Crippen LogP contribution >= 0.6 is 27.3 Å². The molecule has 0 aliphatic carbocycles. The summed E-state index contributed by atoms with van der Waals surface area (Å²) in [4.78, 5) is 5.55. The van der Waals surface area contributed by atoms with Gasteiger partial charge in [0.25, 0.3) is 0 Å². The topological polar surface area (TPSA) is 36.4 Å². The van der Waals surface area contributed by atoms with Gasteiger partial charge in [0.05, 0.1) is 13.1 Å². The molecular formula is C8H10BrN3S. The summed E-state index contributed by atoms with van der Waals surface area (Å²) < 4.78 is 1.15. The van der Waals surface area contributed by atoms with E-state index >= 15 is 0 Å². The van der Waals surface area contributed by atoms with Gasteiger partial charge in [-0.1, -0.05) is 0 Å². The summed E-state index contributed by atoms with van der Waals surface area (Å²) >= 11 is 5.16. The normalized spacial score (nSPS) is 15.3. The highest BCUT2D eigenvalue weighted by molar-refractivity contribution is 9.10. The summed E-state index contributed by atoms with van der Waals surface area (Å²) in [7, 11) is 0. The standard InChI is InChI=1S/C8H10BrN3S/c9-6-3-7(13-5-6)4-12-8-10-1-2-11-8/h3,5H,1-2,4H2,(H2,10,11,12). The lowest BCUT2D eigenvalue weighted by Gasteiger charge is -2.03. The maximum absolute atomic E-state index is 4.24. The number of nitrogens with zero attached hydrogens (tertiary/aromatic N) is 1. The summed E-state index contributed by atoms with van der Waals surface area (Å²) in [5, 5.41) is 8.49. The Morgan fingerprint density at radius 1 is 1.69 bits per heavy atom. The number of nitrogens with one attached hydrogen (secondary N) is 2. The van der Waals surface area contributed by atoms with Gasteiger partial charge in [0.2, 0.25) is 0 Å². The monoisotopic (exact) mass is 259 g/mol. The van der Waals surface area contributed by atoms with Crippen LogP contribution in [-0.4, -0.2) is 19.0 Å². The summed E-state index contributed by atoms with van der Waals surface area (Å²) in [6.07, 6.45) is 0. The van der Waals surface area contributed by atoms with Gasteiger partial charge in [0, 0.05) is 21.3 Å². The summed E-state index contributed by atoms with van der Waals surface area (Å²) in [6, 6.07) is 2.12. The Morgan fingerprint density at radius 3 is 3.23 bits per heavy atom. The first kappa shape index (κ1) is 9.02. The van der Waals surface area contributed by atoms with Crippen LogP contribution in [0.3, 0.4) is 0 Å². The molecule has 0 saturated heterocycles. The van der Waals surface area contributed by atoms with Crippen LogP contribution in [0.25, 0.3) is 0 Å². The van der Waals surface area contributed by atoms with Gasteiger partial charge in [-0.05, 0) is 22.0 Å². The minimum atomic E-state index is 0.849. The average Bonchev–Trinajstić information content (AvgIpc) is 2.71. The zero-order valence-electron chi connectivity index (χ0n) is 7.01. The quantitative estimate of drug-likeness (QED) is 0.846. The smallest absolute Gasteiger partial charge is 0.191 e. The van der Waals surface area contributed by atoms with E-state index in [1.54, 1.807) is 11.3 Å². The maximum atomic E-state index is 4.24. The van der Waals surface area contributed by atoms with Gasteiger partial charge in [-0.2, -0.15) is 0 Å². The van der Waals surface area contributed by atoms with Crippen molar-refractivity contribution in [2.45, 2.75) is 6.54 Å². The highest BCUT2D eigenvalue weighted by atomic mass is 79.9. The Hall–Kier alpha value is -0.550. The summed E-state index contributed by atoms with van der Waals surface area (Å²) in [5.74, 6) is 0.921. The molecule has 2 heterocycles. The molecule has 0 saturated carbocycles. The second kappa shape index (κ2) is 4.11. The first-order chi connectivity index (χ1) is 6.34. The van der Waals surface area contributed by atoms with Gasteiger partial charge in [-0.3, -0.25) is 4.99 Å². The van der Waals surface area contributed by atoms with Gasteiger partial charge in [-0.25, -0.2) is 0 Å². The molecule has 2 rings (SSSR count). The third-order valence-corrected chi connectivity index (χ3v) is 3.42. The Balaban J connectivity index is 1.85. The number of thiophene rings is 1. The van der Waals surface area contributed by atoms with Crippen LogP contribution in [0.4, 0.5) is 0 Å². The predicted molar refractivity (Wildman–Crippen MR) is 59.2 cm³/mol. The van der Waals surface area contributed by atoms with E-state index < -0.39 is 0 Å². The fourth-order valence-corrected chi connectivity index (χ4v) is 2.52. The number of aliphatic imine (C=N–C) groups is 1. The largest absolute Gasteiger partial charge is 0.355 e. The second-order valence-corrected chi connectivity index (χ2v) is 4.65. The molecule has 0 spiro atoms. The Labute approximate surface area is 89.4 Å². The summed E-state index contributed by atoms with van der Waals surface area (Å²) in [5.41, 5.74) is 0. The molecule has 3 nitrogen and oxygen atoms in total. The van der Waals surface area contributed by atoms with Crippen LogP contribution in [-0.2, 0) is 6.54 Å². The lowest BCUT2D eigenvalue weighted by Crippen LogP contribution is -2.32. The first-order valence-electron chi connectivity index (χ1n) is 4.10. The Kier molecular flexibility index (Phi) is 2.85. The molecule has 70 valence electrons. The molecule has 2 N–H and O–H groups in total. The van der Waals surface area contributed by atoms with Crippen molar-refractivity contribution in [1.29, 1.82) is 0 Å². The van der Waals surface area contributed by atoms with Crippen LogP contribution in [0.15, 0.2) is 20.9 Å². The van der Waals surface area contributed by atoms with Crippen molar-refractivity contribution in [1.82, 2.24) is 10.6 Å². The van der Waals surface area contributed by atoms with Crippen LogP contribution in [0, 0.1) is 0 Å². The molecule has 0 aromatic carbocycles. The number of guanidine groups is 1. The Bertz CT molecular complexity index is 321. The van der Waals surface area contributed by atoms with E-state index in [4.69, 9.17) is 0 Å². The minimum Gasteiger partial charge on any atom is -0.355 e. The Morgan fingerprint density at radius 2 is 2.62 bits per heavy atom. The van der Waals surface area contributed by atoms with Gasteiger partial charge >= 0.3 is 0 Å². The van der Waals surface area contributed by atoms with E-state index in [0.717, 1.165) is 30.1 Å². The van der Waals surface area contributed by atoms with E-state index in [9.17, 15) is 0 Å². The molecule has 1 aromatic heterocycles. The van der Waals surface area contributed by atoms with E-state index in [-0.39, 0.29) is 0 Å². The first-order valence-corrected chi connectivity index (χ1v) is 5.77. The SMILES string of the molecule is Brc1csc(CNC2=NCCN2)c1. The molecule has 0 unspecified atom stereocenters. The van der Waals surface area contributed by atoms with Crippen molar-refractivity contribution < 1.29 is 0 Å². The number of hydrogen-bond acceptors (Lipinski definition) is 4. The zero-order chi connectivity index (χ0) is 9.10. The number of halogens is 1. The van der Waals surface area contributed by atoms with Crippen LogP contribution in [0.2, 0.25) is 0 Å². The minimum absolute atomic E-state index is 0.849. The van der Waals surface area contributed by atoms with Crippen molar-refractivity contribution in [3.63, 3.8) is 0 Å². The molecule has 1 aromatic rings. The lowest BCUT2D eigenvalue weighted by atomic mass is 10.5. The molecule has 13 heavy (non-hydrogen) atoms. The molecule has 0 atom stereocenters. The van der Waals surface area contributed by atoms with Crippen molar-refractivity contribution in [2.24, 2.45) is 4.99 Å². The summed E-state index contributed by atoms with van der Waals surface area (Å²) in [6.45, 7) is 2.69. The molecule has 5 heteroatoms. The highest BCUT2D eigenvalue weighted by Crippen LogP contribution is 2.19. The van der Waals surface area contributed by atoms with Crippen molar-refractivity contribution >= 4 is 33.2 Å². The predicted octanol–water partition coefficient (Wildman–Crippen LogP) is 1.56. The van der Waals surface area contributed by atoms with Gasteiger partial charge < -0.3 is 10.6 Å². The molecule has 1 aliphatic heterocycles. The van der Waals surface area contributed by atoms with Crippen molar-refractivity contribution in [3.8, 4) is 0 Å². The molecule has 0 amide bonds. The van der Waals surface area contributed by atoms with Gasteiger partial charge in [0.1, 0.15) is 0 Å². The third-order valence-electron chi connectivity index (χ3n) is 1.73. The van der Waals surface area contributed by atoms with Crippen LogP contribution < -0.4 is 10.6 Å². The second-order valence-electron chi connectivity index (χ2n) is 2.74. The molecule has 0 fully saturated rings. The van der Waals surface area contributed by atoms with Crippen molar-refractivity contribution in [2.75, 3.05) is 13.1 Å². The molecule has 1 aliphatic rings. The molecule has 0 bridgehead atoms. The zero-order valence-corrected chi connectivity index (χ0v) is 9.41. The lowest BCUT2D eigenvalue weighted by molar-refractivity contribution is 0.878. The number of rotatable bonds is 2. The average molecular weight is 260 g/mol. The van der Waals surface area contributed by atoms with Crippen molar-refractivity contribution in [3.05, 3.63) is 20.8 Å². The van der Waals surface area contributed by atoms with Crippen LogP contribution in [0.5, 0.6) is 0 Å². The maximum Gasteiger partial charge on any atom is 0.191 e. The fraction of sp³-hybridized carbons (Fsp3) is 0.375. The van der Waals surface area contributed by atoms with Gasteiger partial charge in [0.15, 0.2) is 5.96 Å². The fourth-order valence-electron chi connectivity index (χ4n) is 1.13. The highest BCUT2D eigenvalue weighted by Gasteiger charge is 2.04.